The topological polar surface area (TPSA) is 74.8 Å². The van der Waals surface area contributed by atoms with Crippen LogP contribution in [0.4, 0.5) is 0 Å². The molecule has 0 fully saturated rings. The summed E-state index contributed by atoms with van der Waals surface area (Å²) >= 11 is 0. The number of hydrogen-bond donors (Lipinski definition) is 3. The van der Waals surface area contributed by atoms with Crippen LogP contribution in [-0.2, 0) is 13.1 Å². The Morgan fingerprint density at radius 2 is 1.79 bits per heavy atom. The first kappa shape index (κ1) is 22.3. The molecule has 6 nitrogen and oxygen atoms in total. The van der Waals surface area contributed by atoms with Gasteiger partial charge in [0.2, 0.25) is 0 Å². The Labute approximate surface area is 173 Å². The van der Waals surface area contributed by atoms with Crippen LogP contribution in [0.3, 0.4) is 0 Å². The highest BCUT2D eigenvalue weighted by atomic mass is 16.5. The molecule has 0 aliphatic heterocycles. The van der Waals surface area contributed by atoms with Gasteiger partial charge in [0.25, 0.3) is 5.91 Å². The second-order valence-electron chi connectivity index (χ2n) is 6.65. The predicted octanol–water partition coefficient (Wildman–Crippen LogP) is 3.40. The van der Waals surface area contributed by atoms with Crippen LogP contribution in [0.2, 0.25) is 0 Å². The third-order valence-electron chi connectivity index (χ3n) is 4.26. The van der Waals surface area contributed by atoms with E-state index in [9.17, 15) is 4.79 Å². The summed E-state index contributed by atoms with van der Waals surface area (Å²) in [5.74, 6) is 1.55. The van der Waals surface area contributed by atoms with E-state index >= 15 is 0 Å². The van der Waals surface area contributed by atoms with Crippen LogP contribution >= 0.6 is 0 Å². The summed E-state index contributed by atoms with van der Waals surface area (Å²) in [6, 6.07) is 13.8. The summed E-state index contributed by atoms with van der Waals surface area (Å²) in [7, 11) is 0. The quantitative estimate of drug-likeness (QED) is 0.449. The molecule has 0 saturated heterocycles. The van der Waals surface area contributed by atoms with Crippen molar-refractivity contribution in [1.82, 2.24) is 16.0 Å². The van der Waals surface area contributed by atoms with E-state index in [4.69, 9.17) is 4.74 Å². The van der Waals surface area contributed by atoms with Crippen molar-refractivity contribution in [3.05, 3.63) is 64.7 Å². The Morgan fingerprint density at radius 3 is 2.52 bits per heavy atom. The Kier molecular flexibility index (Phi) is 9.02. The maximum atomic E-state index is 12.0. The first-order valence-corrected chi connectivity index (χ1v) is 10.2. The molecule has 0 atom stereocenters. The normalized spacial score (nSPS) is 11.1. The fourth-order valence-corrected chi connectivity index (χ4v) is 2.86. The fraction of sp³-hybridized carbons (Fsp3) is 0.391. The number of hydrogen-bond acceptors (Lipinski definition) is 3. The minimum atomic E-state index is -0.0637. The minimum Gasteiger partial charge on any atom is -0.494 e. The molecule has 1 amide bonds. The van der Waals surface area contributed by atoms with Crippen molar-refractivity contribution in [1.29, 1.82) is 0 Å². The number of aryl methyl sites for hydroxylation is 1. The van der Waals surface area contributed by atoms with Crippen molar-refractivity contribution in [2.24, 2.45) is 4.99 Å². The smallest absolute Gasteiger partial charge is 0.251 e. The zero-order chi connectivity index (χ0) is 21.1. The highest BCUT2D eigenvalue weighted by Gasteiger charge is 2.07. The molecule has 2 aromatic rings. The molecule has 0 bridgehead atoms. The molecule has 0 aliphatic carbocycles. The van der Waals surface area contributed by atoms with E-state index in [0.29, 0.717) is 31.8 Å². The number of ether oxygens (including phenoxy) is 1. The zero-order valence-electron chi connectivity index (χ0n) is 17.8. The third kappa shape index (κ3) is 7.14. The van der Waals surface area contributed by atoms with E-state index in [-0.39, 0.29) is 5.91 Å². The Morgan fingerprint density at radius 1 is 1.00 bits per heavy atom. The van der Waals surface area contributed by atoms with E-state index in [1.807, 2.05) is 45.0 Å². The van der Waals surface area contributed by atoms with Crippen molar-refractivity contribution < 1.29 is 9.53 Å². The molecular formula is C23H32N4O2. The average molecular weight is 397 g/mol. The molecule has 0 unspecified atom stereocenters. The highest BCUT2D eigenvalue weighted by Crippen LogP contribution is 2.20. The van der Waals surface area contributed by atoms with Crippen LogP contribution in [-0.4, -0.2) is 31.6 Å². The van der Waals surface area contributed by atoms with E-state index in [2.05, 4.69) is 46.1 Å². The molecule has 2 rings (SSSR count). The Hall–Kier alpha value is -3.02. The number of rotatable bonds is 9. The first-order valence-electron chi connectivity index (χ1n) is 10.2. The van der Waals surface area contributed by atoms with Gasteiger partial charge < -0.3 is 20.7 Å². The summed E-state index contributed by atoms with van der Waals surface area (Å²) < 4.78 is 5.76. The van der Waals surface area contributed by atoms with Crippen LogP contribution in [0.25, 0.3) is 0 Å². The molecule has 6 heteroatoms. The van der Waals surface area contributed by atoms with Gasteiger partial charge in [-0.05, 0) is 57.0 Å². The number of nitrogens with one attached hydrogen (secondary N) is 3. The van der Waals surface area contributed by atoms with Gasteiger partial charge in [0, 0.05) is 30.8 Å². The van der Waals surface area contributed by atoms with E-state index in [1.165, 1.54) is 5.56 Å². The lowest BCUT2D eigenvalue weighted by Crippen LogP contribution is -2.36. The summed E-state index contributed by atoms with van der Waals surface area (Å²) in [5.41, 5.74) is 3.89. The molecule has 156 valence electrons. The average Bonchev–Trinajstić information content (AvgIpc) is 2.72. The lowest BCUT2D eigenvalue weighted by Gasteiger charge is -2.15. The third-order valence-corrected chi connectivity index (χ3v) is 4.26. The molecule has 3 N–H and O–H groups in total. The first-order chi connectivity index (χ1) is 14.1. The van der Waals surface area contributed by atoms with Crippen molar-refractivity contribution in [2.75, 3.05) is 19.7 Å². The molecule has 0 saturated carbocycles. The number of aliphatic imine (C=N–C) groups is 1. The van der Waals surface area contributed by atoms with Gasteiger partial charge in [-0.2, -0.15) is 0 Å². The number of carbonyl (C=O) groups excluding carboxylic acids is 1. The Balaban J connectivity index is 2.07. The monoisotopic (exact) mass is 396 g/mol. The van der Waals surface area contributed by atoms with Gasteiger partial charge in [-0.15, -0.1) is 0 Å². The van der Waals surface area contributed by atoms with Crippen molar-refractivity contribution in [2.45, 2.75) is 40.8 Å². The summed E-state index contributed by atoms with van der Waals surface area (Å²) in [6.07, 6.45) is 0. The molecule has 0 spiro atoms. The lowest BCUT2D eigenvalue weighted by molar-refractivity contribution is 0.0955. The van der Waals surface area contributed by atoms with E-state index in [0.717, 1.165) is 29.4 Å². The molecule has 29 heavy (non-hydrogen) atoms. The standard InChI is InChI=1S/C23H32N4O2/c1-5-24-22(28)19-10-8-9-18(14-19)15-26-23(25-6-2)27-16-20-12-11-17(4)13-21(20)29-7-3/h8-14H,5-7,15-16H2,1-4H3,(H,24,28)(H2,25,26,27). The van der Waals surface area contributed by atoms with Crippen molar-refractivity contribution >= 4 is 11.9 Å². The number of benzene rings is 2. The number of guanidine groups is 1. The van der Waals surface area contributed by atoms with Crippen molar-refractivity contribution in [3.63, 3.8) is 0 Å². The second-order valence-corrected chi connectivity index (χ2v) is 6.65. The summed E-state index contributed by atoms with van der Waals surface area (Å²) in [6.45, 7) is 11.1. The van der Waals surface area contributed by atoms with Crippen LogP contribution in [0, 0.1) is 6.92 Å². The zero-order valence-corrected chi connectivity index (χ0v) is 17.8. The van der Waals surface area contributed by atoms with Gasteiger partial charge in [0.1, 0.15) is 5.75 Å². The molecule has 2 aromatic carbocycles. The van der Waals surface area contributed by atoms with E-state index in [1.54, 1.807) is 0 Å². The SMILES string of the molecule is CCNC(=O)c1cccc(CN=C(NCC)NCc2ccc(C)cc2OCC)c1. The molecule has 0 radical (unpaired) electrons. The number of nitrogens with zero attached hydrogens (tertiary/aromatic N) is 1. The van der Waals surface area contributed by atoms with Crippen LogP contribution in [0.15, 0.2) is 47.5 Å². The second kappa shape index (κ2) is 11.7. The summed E-state index contributed by atoms with van der Waals surface area (Å²) in [4.78, 5) is 16.7. The largest absolute Gasteiger partial charge is 0.494 e. The molecular weight excluding hydrogens is 364 g/mol. The van der Waals surface area contributed by atoms with E-state index < -0.39 is 0 Å². The highest BCUT2D eigenvalue weighted by molar-refractivity contribution is 5.94. The van der Waals surface area contributed by atoms with Gasteiger partial charge in [0.05, 0.1) is 13.2 Å². The van der Waals surface area contributed by atoms with Gasteiger partial charge in [-0.1, -0.05) is 24.3 Å². The van der Waals surface area contributed by atoms with Crippen molar-refractivity contribution in [3.8, 4) is 5.75 Å². The molecule has 0 aliphatic rings. The number of amides is 1. The van der Waals surface area contributed by atoms with Gasteiger partial charge in [-0.25, -0.2) is 4.99 Å². The minimum absolute atomic E-state index is 0.0637. The van der Waals surface area contributed by atoms with Gasteiger partial charge in [-0.3, -0.25) is 4.79 Å². The molecule has 0 heterocycles. The fourth-order valence-electron chi connectivity index (χ4n) is 2.86. The molecule has 0 aromatic heterocycles. The maximum Gasteiger partial charge on any atom is 0.251 e. The van der Waals surface area contributed by atoms with Crippen LogP contribution in [0.5, 0.6) is 5.75 Å². The van der Waals surface area contributed by atoms with Gasteiger partial charge >= 0.3 is 0 Å². The Bertz CT molecular complexity index is 833. The van der Waals surface area contributed by atoms with Gasteiger partial charge in [0.15, 0.2) is 5.96 Å². The maximum absolute atomic E-state index is 12.0. The van der Waals surface area contributed by atoms with Crippen LogP contribution in [0.1, 0.15) is 47.8 Å². The number of carbonyl (C=O) groups is 1. The lowest BCUT2D eigenvalue weighted by atomic mass is 10.1. The summed E-state index contributed by atoms with van der Waals surface area (Å²) in [5, 5.41) is 9.45. The predicted molar refractivity (Wildman–Crippen MR) is 118 cm³/mol. The van der Waals surface area contributed by atoms with Crippen LogP contribution < -0.4 is 20.7 Å².